The van der Waals surface area contributed by atoms with Crippen molar-refractivity contribution in [2.24, 2.45) is 0 Å². The minimum absolute atomic E-state index is 0.0806. The van der Waals surface area contributed by atoms with Crippen molar-refractivity contribution in [1.82, 2.24) is 9.97 Å². The number of benzene rings is 2. The van der Waals surface area contributed by atoms with Crippen molar-refractivity contribution in [1.29, 1.82) is 0 Å². The van der Waals surface area contributed by atoms with E-state index in [4.69, 9.17) is 16.3 Å². The number of aromatic nitrogens is 2. The number of halogens is 3. The Balaban J connectivity index is 1.72. The Morgan fingerprint density at radius 3 is 2.64 bits per heavy atom. The molecule has 0 saturated heterocycles. The van der Waals surface area contributed by atoms with E-state index in [1.807, 2.05) is 13.0 Å². The predicted octanol–water partition coefficient (Wildman–Crippen LogP) is 6.52. The van der Waals surface area contributed by atoms with E-state index in [1.165, 1.54) is 17.8 Å². The zero-order valence-electron chi connectivity index (χ0n) is 19.1. The van der Waals surface area contributed by atoms with Gasteiger partial charge < -0.3 is 4.74 Å². The van der Waals surface area contributed by atoms with Crippen LogP contribution >= 0.6 is 23.4 Å². The Kier molecular flexibility index (Phi) is 8.00. The van der Waals surface area contributed by atoms with E-state index in [9.17, 15) is 23.7 Å². The summed E-state index contributed by atoms with van der Waals surface area (Å²) in [7, 11) is 0. The highest BCUT2D eigenvalue weighted by molar-refractivity contribution is 7.99. The third-order valence-electron chi connectivity index (χ3n) is 5.51. The van der Waals surface area contributed by atoms with Crippen LogP contribution in [0, 0.1) is 21.7 Å². The average Bonchev–Trinajstić information content (AvgIpc) is 3.63. The number of rotatable bonds is 9. The van der Waals surface area contributed by atoms with Gasteiger partial charge in [-0.15, -0.1) is 0 Å². The van der Waals surface area contributed by atoms with Gasteiger partial charge in [-0.2, -0.15) is 4.98 Å². The molecule has 0 N–H and O–H groups in total. The second-order valence-corrected chi connectivity index (χ2v) is 9.49. The molecule has 8 nitrogen and oxygen atoms in total. The maximum absolute atomic E-state index is 13.9. The number of nitro groups is 1. The Morgan fingerprint density at radius 2 is 1.97 bits per heavy atom. The Bertz CT molecular complexity index is 1280. The van der Waals surface area contributed by atoms with Crippen molar-refractivity contribution in [3.63, 3.8) is 0 Å². The van der Waals surface area contributed by atoms with Crippen LogP contribution < -0.4 is 4.90 Å². The summed E-state index contributed by atoms with van der Waals surface area (Å²) in [6.45, 7) is 1.87. The van der Waals surface area contributed by atoms with Crippen LogP contribution in [0.5, 0.6) is 0 Å². The summed E-state index contributed by atoms with van der Waals surface area (Å²) in [4.78, 5) is 33.9. The predicted molar refractivity (Wildman–Crippen MR) is 131 cm³/mol. The van der Waals surface area contributed by atoms with Crippen LogP contribution in [0.15, 0.2) is 53.7 Å². The third kappa shape index (κ3) is 5.73. The summed E-state index contributed by atoms with van der Waals surface area (Å²) in [6, 6.07) is 11.7. The Labute approximate surface area is 214 Å². The SMILES string of the molecule is CCCSc1nc(Cl)c([N+](=O)[O-])c(N(C(=O)OCc2ccccc2)[C@@H]2C[C@H]2c2ccc(F)c(F)c2)n1. The highest BCUT2D eigenvalue weighted by atomic mass is 35.5. The first kappa shape index (κ1) is 25.8. The van der Waals surface area contributed by atoms with Crippen LogP contribution in [0.4, 0.5) is 25.1 Å². The van der Waals surface area contributed by atoms with Crippen molar-refractivity contribution >= 4 is 41.0 Å². The number of amides is 1. The topological polar surface area (TPSA) is 98.5 Å². The van der Waals surface area contributed by atoms with Gasteiger partial charge in [0.15, 0.2) is 16.8 Å². The number of ether oxygens (including phenoxy) is 1. The van der Waals surface area contributed by atoms with E-state index in [0.717, 1.165) is 23.5 Å². The van der Waals surface area contributed by atoms with Crippen LogP contribution in [-0.4, -0.2) is 32.8 Å². The van der Waals surface area contributed by atoms with Crippen LogP contribution in [-0.2, 0) is 11.3 Å². The molecule has 0 radical (unpaired) electrons. The molecule has 4 rings (SSSR count). The zero-order chi connectivity index (χ0) is 25.8. The number of thioether (sulfide) groups is 1. The first-order valence-corrected chi connectivity index (χ1v) is 12.5. The molecule has 1 heterocycles. The molecule has 0 spiro atoms. The van der Waals surface area contributed by atoms with Gasteiger partial charge in [0.25, 0.3) is 0 Å². The number of nitrogens with zero attached hydrogens (tertiary/aromatic N) is 4. The normalized spacial score (nSPS) is 16.4. The van der Waals surface area contributed by atoms with Gasteiger partial charge in [0.2, 0.25) is 11.0 Å². The maximum atomic E-state index is 13.9. The number of hydrogen-bond acceptors (Lipinski definition) is 7. The van der Waals surface area contributed by atoms with Gasteiger partial charge in [-0.25, -0.2) is 18.6 Å². The summed E-state index contributed by atoms with van der Waals surface area (Å²) in [5.41, 5.74) is 0.529. The monoisotopic (exact) mass is 534 g/mol. The molecule has 188 valence electrons. The molecule has 36 heavy (non-hydrogen) atoms. The Morgan fingerprint density at radius 1 is 1.22 bits per heavy atom. The quantitative estimate of drug-likeness (QED) is 0.101. The molecule has 0 bridgehead atoms. The van der Waals surface area contributed by atoms with E-state index in [1.54, 1.807) is 24.3 Å². The molecule has 1 aromatic heterocycles. The van der Waals surface area contributed by atoms with Gasteiger partial charge >= 0.3 is 11.8 Å². The minimum Gasteiger partial charge on any atom is -0.444 e. The van der Waals surface area contributed by atoms with E-state index >= 15 is 0 Å². The molecule has 1 saturated carbocycles. The number of carbonyl (C=O) groups is 1. The van der Waals surface area contributed by atoms with Gasteiger partial charge in [-0.3, -0.25) is 15.0 Å². The third-order valence-corrected chi connectivity index (χ3v) is 6.83. The molecule has 0 unspecified atom stereocenters. The van der Waals surface area contributed by atoms with E-state index in [2.05, 4.69) is 9.97 Å². The molecule has 2 aromatic carbocycles. The Hall–Kier alpha value is -3.31. The largest absolute Gasteiger partial charge is 0.444 e. The van der Waals surface area contributed by atoms with Crippen molar-refractivity contribution in [2.75, 3.05) is 10.7 Å². The number of carbonyl (C=O) groups excluding carboxylic acids is 1. The standard InChI is InChI=1S/C24H21ClF2N4O4S/c1-2-10-36-23-28-21(25)20(31(33)34)22(29-23)30(24(32)35-13-14-6-4-3-5-7-14)19-12-16(19)15-8-9-17(26)18(27)11-15/h3-9,11,16,19H,2,10,12-13H2,1H3/t16-,19+/m0/s1. The van der Waals surface area contributed by atoms with Crippen LogP contribution in [0.3, 0.4) is 0 Å². The van der Waals surface area contributed by atoms with Crippen molar-refractivity contribution in [3.8, 4) is 0 Å². The molecule has 12 heteroatoms. The van der Waals surface area contributed by atoms with Crippen molar-refractivity contribution in [2.45, 2.75) is 43.5 Å². The fourth-order valence-corrected chi connectivity index (χ4v) is 4.69. The van der Waals surface area contributed by atoms with Crippen LogP contribution in [0.2, 0.25) is 5.15 Å². The molecule has 1 amide bonds. The molecular formula is C24H21ClF2N4O4S. The lowest BCUT2D eigenvalue weighted by atomic mass is 10.1. The molecular weight excluding hydrogens is 514 g/mol. The van der Waals surface area contributed by atoms with Crippen molar-refractivity contribution in [3.05, 3.63) is 86.6 Å². The average molecular weight is 535 g/mol. The van der Waals surface area contributed by atoms with Gasteiger partial charge in [-0.05, 0) is 36.1 Å². The second kappa shape index (κ2) is 11.2. The summed E-state index contributed by atoms with van der Waals surface area (Å²) in [5.74, 6) is -2.10. The van der Waals surface area contributed by atoms with Crippen LogP contribution in [0.1, 0.15) is 36.8 Å². The molecule has 2 atom stereocenters. The molecule has 1 aliphatic rings. The summed E-state index contributed by atoms with van der Waals surface area (Å²) < 4.78 is 32.8. The van der Waals surface area contributed by atoms with E-state index < -0.39 is 45.5 Å². The molecule has 0 aliphatic heterocycles. The number of hydrogen-bond donors (Lipinski definition) is 0. The summed E-state index contributed by atoms with van der Waals surface area (Å²) in [6.07, 6.45) is 0.252. The number of anilines is 1. The van der Waals surface area contributed by atoms with Gasteiger partial charge in [0.1, 0.15) is 6.61 Å². The fourth-order valence-electron chi connectivity index (χ4n) is 3.72. The van der Waals surface area contributed by atoms with Crippen molar-refractivity contribution < 1.29 is 23.2 Å². The van der Waals surface area contributed by atoms with E-state index in [-0.39, 0.29) is 17.6 Å². The highest BCUT2D eigenvalue weighted by Gasteiger charge is 2.49. The molecule has 3 aromatic rings. The van der Waals surface area contributed by atoms with Gasteiger partial charge in [0.05, 0.1) is 4.92 Å². The zero-order valence-corrected chi connectivity index (χ0v) is 20.6. The first-order valence-electron chi connectivity index (χ1n) is 11.1. The lowest BCUT2D eigenvalue weighted by Crippen LogP contribution is -2.36. The molecule has 1 aliphatic carbocycles. The van der Waals surface area contributed by atoms with E-state index in [0.29, 0.717) is 23.3 Å². The highest BCUT2D eigenvalue weighted by Crippen LogP contribution is 2.49. The maximum Gasteiger partial charge on any atom is 0.416 e. The first-order chi connectivity index (χ1) is 17.3. The lowest BCUT2D eigenvalue weighted by molar-refractivity contribution is -0.384. The summed E-state index contributed by atoms with van der Waals surface area (Å²) in [5, 5.41) is 11.7. The fraction of sp³-hybridized carbons (Fsp3) is 0.292. The smallest absolute Gasteiger partial charge is 0.416 e. The van der Waals surface area contributed by atoms with Gasteiger partial charge in [-0.1, -0.05) is 66.7 Å². The molecule has 1 fully saturated rings. The minimum atomic E-state index is -1.02. The second-order valence-electron chi connectivity index (χ2n) is 8.07. The van der Waals surface area contributed by atoms with Gasteiger partial charge in [0, 0.05) is 17.7 Å². The summed E-state index contributed by atoms with van der Waals surface area (Å²) >= 11 is 7.41. The lowest BCUT2D eigenvalue weighted by Gasteiger charge is -2.22. The van der Waals surface area contributed by atoms with Crippen LogP contribution in [0.25, 0.3) is 0 Å².